The zero-order valence-electron chi connectivity index (χ0n) is 11.1. The van der Waals surface area contributed by atoms with Crippen LogP contribution < -0.4 is 5.32 Å². The van der Waals surface area contributed by atoms with Crippen LogP contribution in [0.5, 0.6) is 0 Å². The van der Waals surface area contributed by atoms with Crippen molar-refractivity contribution in [1.29, 1.82) is 0 Å². The molecule has 0 bridgehead atoms. The van der Waals surface area contributed by atoms with Crippen molar-refractivity contribution in [1.82, 2.24) is 5.32 Å². The van der Waals surface area contributed by atoms with Gasteiger partial charge >= 0.3 is 0 Å². The van der Waals surface area contributed by atoms with Crippen LogP contribution in [0.1, 0.15) is 38.8 Å². The molecule has 0 aromatic heterocycles. The lowest BCUT2D eigenvalue weighted by molar-refractivity contribution is -0.0120. The summed E-state index contributed by atoms with van der Waals surface area (Å²) in [5, 5.41) is 3.35. The highest BCUT2D eigenvalue weighted by molar-refractivity contribution is 5.23. The molecule has 1 unspecified atom stereocenters. The predicted molar refractivity (Wildman–Crippen MR) is 68.5 cm³/mol. The third-order valence-corrected chi connectivity index (χ3v) is 3.04. The first-order valence-corrected chi connectivity index (χ1v) is 6.06. The van der Waals surface area contributed by atoms with Crippen molar-refractivity contribution in [2.75, 3.05) is 13.7 Å². The van der Waals surface area contributed by atoms with Gasteiger partial charge in [-0.05, 0) is 32.9 Å². The Morgan fingerprint density at radius 2 is 2.00 bits per heavy atom. The maximum atomic E-state index is 13.8. The van der Waals surface area contributed by atoms with Gasteiger partial charge in [0.05, 0.1) is 11.6 Å². The van der Waals surface area contributed by atoms with E-state index in [1.165, 1.54) is 6.07 Å². The number of hydrogen-bond acceptors (Lipinski definition) is 2. The summed E-state index contributed by atoms with van der Waals surface area (Å²) < 4.78 is 19.3. The van der Waals surface area contributed by atoms with E-state index < -0.39 is 5.60 Å². The Balaban J connectivity index is 3.02. The fourth-order valence-electron chi connectivity index (χ4n) is 1.85. The van der Waals surface area contributed by atoms with Crippen molar-refractivity contribution < 1.29 is 9.13 Å². The van der Waals surface area contributed by atoms with E-state index in [-0.39, 0.29) is 11.9 Å². The molecule has 1 rings (SSSR count). The second-order valence-corrected chi connectivity index (χ2v) is 4.72. The normalized spacial score (nSPS) is 13.7. The number of benzene rings is 1. The molecule has 0 aliphatic carbocycles. The quantitative estimate of drug-likeness (QED) is 0.822. The van der Waals surface area contributed by atoms with Gasteiger partial charge in [-0.15, -0.1) is 0 Å². The molecule has 0 amide bonds. The van der Waals surface area contributed by atoms with E-state index in [0.717, 1.165) is 13.0 Å². The van der Waals surface area contributed by atoms with Gasteiger partial charge in [0.15, 0.2) is 0 Å². The third kappa shape index (κ3) is 3.51. The Kier molecular flexibility index (Phi) is 5.09. The van der Waals surface area contributed by atoms with Crippen molar-refractivity contribution >= 4 is 0 Å². The third-order valence-electron chi connectivity index (χ3n) is 3.04. The molecule has 1 aromatic rings. The fourth-order valence-corrected chi connectivity index (χ4v) is 1.85. The van der Waals surface area contributed by atoms with E-state index in [1.54, 1.807) is 13.2 Å². The highest BCUT2D eigenvalue weighted by atomic mass is 19.1. The predicted octanol–water partition coefficient (Wildman–Crippen LogP) is 3.29. The van der Waals surface area contributed by atoms with Gasteiger partial charge in [-0.3, -0.25) is 0 Å². The first-order valence-electron chi connectivity index (χ1n) is 6.06. The number of methoxy groups -OCH3 is 1. The summed E-state index contributed by atoms with van der Waals surface area (Å²) in [6, 6.07) is 6.71. The van der Waals surface area contributed by atoms with Gasteiger partial charge in [0, 0.05) is 12.7 Å². The van der Waals surface area contributed by atoms with Gasteiger partial charge < -0.3 is 10.1 Å². The Bertz CT molecular complexity index is 352. The van der Waals surface area contributed by atoms with Crippen LogP contribution in [0.2, 0.25) is 0 Å². The van der Waals surface area contributed by atoms with E-state index in [4.69, 9.17) is 4.74 Å². The lowest BCUT2D eigenvalue weighted by atomic mass is 9.91. The Labute approximate surface area is 103 Å². The molecule has 1 N–H and O–H groups in total. The van der Waals surface area contributed by atoms with Crippen LogP contribution in [0.4, 0.5) is 4.39 Å². The summed E-state index contributed by atoms with van der Waals surface area (Å²) in [5.41, 5.74) is 0.213. The average molecular weight is 239 g/mol. The van der Waals surface area contributed by atoms with Gasteiger partial charge in [-0.1, -0.05) is 25.1 Å². The average Bonchev–Trinajstić information content (AvgIpc) is 2.31. The zero-order chi connectivity index (χ0) is 12.9. The number of nitrogens with one attached hydrogen (secondary N) is 1. The molecule has 0 radical (unpaired) electrons. The molecule has 1 atom stereocenters. The molecule has 0 aliphatic rings. The molecular formula is C14H22FNO. The molecule has 0 spiro atoms. The summed E-state index contributed by atoms with van der Waals surface area (Å²) in [7, 11) is 1.65. The van der Waals surface area contributed by atoms with E-state index in [0.29, 0.717) is 5.56 Å². The van der Waals surface area contributed by atoms with E-state index >= 15 is 0 Å². The van der Waals surface area contributed by atoms with Crippen LogP contribution in [0, 0.1) is 5.82 Å². The van der Waals surface area contributed by atoms with Gasteiger partial charge in [-0.2, -0.15) is 0 Å². The van der Waals surface area contributed by atoms with Crippen molar-refractivity contribution in [3.05, 3.63) is 35.6 Å². The number of rotatable bonds is 6. The molecule has 1 aromatic carbocycles. The zero-order valence-corrected chi connectivity index (χ0v) is 11.1. The summed E-state index contributed by atoms with van der Waals surface area (Å²) in [6.45, 7) is 6.86. The molecule has 96 valence electrons. The second kappa shape index (κ2) is 6.12. The smallest absolute Gasteiger partial charge is 0.128 e. The molecule has 0 aliphatic heterocycles. The molecule has 0 saturated heterocycles. The minimum atomic E-state index is -0.447. The SMILES string of the molecule is CCCNC(c1ccccc1F)C(C)(C)OC. The number of hydrogen-bond donors (Lipinski definition) is 1. The molecule has 17 heavy (non-hydrogen) atoms. The highest BCUT2D eigenvalue weighted by Gasteiger charge is 2.31. The molecule has 0 heterocycles. The summed E-state index contributed by atoms with van der Waals surface area (Å²) in [5.74, 6) is -0.189. The van der Waals surface area contributed by atoms with Gasteiger partial charge in [-0.25, -0.2) is 4.39 Å². The largest absolute Gasteiger partial charge is 0.377 e. The van der Waals surface area contributed by atoms with Crippen LogP contribution >= 0.6 is 0 Å². The van der Waals surface area contributed by atoms with E-state index in [9.17, 15) is 4.39 Å². The Hall–Kier alpha value is -0.930. The first-order chi connectivity index (χ1) is 8.03. The lowest BCUT2D eigenvalue weighted by Gasteiger charge is -2.34. The van der Waals surface area contributed by atoms with E-state index in [2.05, 4.69) is 12.2 Å². The van der Waals surface area contributed by atoms with Crippen molar-refractivity contribution in [2.24, 2.45) is 0 Å². The van der Waals surface area contributed by atoms with Gasteiger partial charge in [0.1, 0.15) is 5.82 Å². The molecule has 0 saturated carbocycles. The topological polar surface area (TPSA) is 21.3 Å². The monoisotopic (exact) mass is 239 g/mol. The Morgan fingerprint density at radius 3 is 2.53 bits per heavy atom. The van der Waals surface area contributed by atoms with E-state index in [1.807, 2.05) is 26.0 Å². The van der Waals surface area contributed by atoms with Crippen LogP contribution in [-0.2, 0) is 4.74 Å². The molecule has 0 fully saturated rings. The van der Waals surface area contributed by atoms with Crippen LogP contribution in [-0.4, -0.2) is 19.3 Å². The minimum absolute atomic E-state index is 0.145. The minimum Gasteiger partial charge on any atom is -0.377 e. The van der Waals surface area contributed by atoms with Crippen molar-refractivity contribution in [3.8, 4) is 0 Å². The second-order valence-electron chi connectivity index (χ2n) is 4.72. The molecule has 2 nitrogen and oxygen atoms in total. The molecule has 3 heteroatoms. The number of ether oxygens (including phenoxy) is 1. The van der Waals surface area contributed by atoms with Crippen LogP contribution in [0.25, 0.3) is 0 Å². The van der Waals surface area contributed by atoms with Crippen molar-refractivity contribution in [3.63, 3.8) is 0 Å². The summed E-state index contributed by atoms with van der Waals surface area (Å²) >= 11 is 0. The van der Waals surface area contributed by atoms with Gasteiger partial charge in [0.2, 0.25) is 0 Å². The van der Waals surface area contributed by atoms with Crippen LogP contribution in [0.3, 0.4) is 0 Å². The van der Waals surface area contributed by atoms with Crippen molar-refractivity contribution in [2.45, 2.75) is 38.8 Å². The maximum Gasteiger partial charge on any atom is 0.128 e. The fraction of sp³-hybridized carbons (Fsp3) is 0.571. The first kappa shape index (κ1) is 14.1. The number of halogens is 1. The maximum absolute atomic E-state index is 13.8. The molecular weight excluding hydrogens is 217 g/mol. The van der Waals surface area contributed by atoms with Crippen LogP contribution in [0.15, 0.2) is 24.3 Å². The summed E-state index contributed by atoms with van der Waals surface area (Å²) in [4.78, 5) is 0. The van der Waals surface area contributed by atoms with Gasteiger partial charge in [0.25, 0.3) is 0 Å². The Morgan fingerprint density at radius 1 is 1.35 bits per heavy atom. The highest BCUT2D eigenvalue weighted by Crippen LogP contribution is 2.29. The lowest BCUT2D eigenvalue weighted by Crippen LogP contribution is -2.41. The summed E-state index contributed by atoms with van der Waals surface area (Å²) in [6.07, 6.45) is 1.00. The standard InChI is InChI=1S/C14H22FNO/c1-5-10-16-13(14(2,3)17-4)11-8-6-7-9-12(11)15/h6-9,13,16H,5,10H2,1-4H3.